The van der Waals surface area contributed by atoms with Crippen LogP contribution in [0.25, 0.3) is 0 Å². The summed E-state index contributed by atoms with van der Waals surface area (Å²) in [5.74, 6) is -0.321. The van der Waals surface area contributed by atoms with Crippen molar-refractivity contribution in [3.63, 3.8) is 0 Å². The fraction of sp³-hybridized carbons (Fsp3) is 0.167. The highest BCUT2D eigenvalue weighted by Gasteiger charge is 2.20. The first kappa shape index (κ1) is 14.8. The Morgan fingerprint density at radius 3 is 2.44 bits per heavy atom. The van der Waals surface area contributed by atoms with Crippen molar-refractivity contribution in [3.8, 4) is 0 Å². The zero-order valence-electron chi connectivity index (χ0n) is 9.11. The predicted octanol–water partition coefficient (Wildman–Crippen LogP) is 6.70. The van der Waals surface area contributed by atoms with Crippen molar-refractivity contribution in [2.75, 3.05) is 0 Å². The first-order chi connectivity index (χ1) is 8.40. The molecule has 6 heteroatoms. The molecule has 1 atom stereocenters. The van der Waals surface area contributed by atoms with E-state index >= 15 is 0 Å². The van der Waals surface area contributed by atoms with Crippen LogP contribution in [0.15, 0.2) is 25.8 Å². The lowest BCUT2D eigenvalue weighted by atomic mass is 10.0. The van der Waals surface area contributed by atoms with Crippen LogP contribution in [-0.4, -0.2) is 0 Å². The van der Waals surface area contributed by atoms with Crippen LogP contribution in [0.4, 0.5) is 4.39 Å². The van der Waals surface area contributed by atoms with Gasteiger partial charge in [0.25, 0.3) is 0 Å². The van der Waals surface area contributed by atoms with Gasteiger partial charge in [0.1, 0.15) is 5.82 Å². The molecule has 1 aromatic carbocycles. The van der Waals surface area contributed by atoms with Crippen molar-refractivity contribution in [2.24, 2.45) is 0 Å². The average Bonchev–Trinajstić information content (AvgIpc) is 2.62. The quantitative estimate of drug-likeness (QED) is 0.463. The van der Waals surface area contributed by atoms with E-state index in [0.717, 1.165) is 13.1 Å². The van der Waals surface area contributed by atoms with E-state index in [1.165, 1.54) is 17.4 Å². The Kier molecular flexibility index (Phi) is 4.76. The standard InChI is InChI=1S/C12H7Br2Cl2FS/c1-5-2-6(8(15)4-9(5)17)11(16)7-3-10(13)18-12(7)14/h2-4,11H,1H3. The van der Waals surface area contributed by atoms with Gasteiger partial charge in [-0.05, 0) is 68.1 Å². The lowest BCUT2D eigenvalue weighted by Gasteiger charge is -2.12. The Morgan fingerprint density at radius 2 is 1.89 bits per heavy atom. The molecule has 0 fully saturated rings. The first-order valence-corrected chi connectivity index (χ1v) is 8.16. The van der Waals surface area contributed by atoms with Gasteiger partial charge in [-0.1, -0.05) is 11.6 Å². The number of alkyl halides is 1. The molecule has 0 radical (unpaired) electrons. The maximum atomic E-state index is 13.4. The van der Waals surface area contributed by atoms with Crippen LogP contribution < -0.4 is 0 Å². The van der Waals surface area contributed by atoms with Gasteiger partial charge in [-0.3, -0.25) is 0 Å². The van der Waals surface area contributed by atoms with E-state index in [1.54, 1.807) is 13.0 Å². The van der Waals surface area contributed by atoms with Crippen LogP contribution in [0, 0.1) is 12.7 Å². The average molecular weight is 433 g/mol. The van der Waals surface area contributed by atoms with Crippen LogP contribution in [-0.2, 0) is 0 Å². The van der Waals surface area contributed by atoms with Crippen LogP contribution in [0.5, 0.6) is 0 Å². The molecule has 18 heavy (non-hydrogen) atoms. The largest absolute Gasteiger partial charge is 0.207 e. The van der Waals surface area contributed by atoms with Crippen molar-refractivity contribution in [3.05, 3.63) is 53.3 Å². The summed E-state index contributed by atoms with van der Waals surface area (Å²) in [5, 5.41) is -0.0685. The van der Waals surface area contributed by atoms with Crippen LogP contribution >= 0.6 is 66.4 Å². The van der Waals surface area contributed by atoms with Gasteiger partial charge in [-0.25, -0.2) is 4.39 Å². The molecule has 0 aliphatic heterocycles. The van der Waals surface area contributed by atoms with E-state index in [-0.39, 0.29) is 5.82 Å². The monoisotopic (exact) mass is 430 g/mol. The summed E-state index contributed by atoms with van der Waals surface area (Å²) in [5.41, 5.74) is 2.16. The van der Waals surface area contributed by atoms with Gasteiger partial charge in [0.2, 0.25) is 0 Å². The van der Waals surface area contributed by atoms with Crippen molar-refractivity contribution in [2.45, 2.75) is 12.3 Å². The first-order valence-electron chi connectivity index (χ1n) is 4.94. The molecule has 1 unspecified atom stereocenters. The van der Waals surface area contributed by atoms with Gasteiger partial charge in [0, 0.05) is 10.6 Å². The summed E-state index contributed by atoms with van der Waals surface area (Å²) in [6, 6.07) is 4.92. The van der Waals surface area contributed by atoms with Crippen LogP contribution in [0.3, 0.4) is 0 Å². The molecule has 2 rings (SSSR count). The SMILES string of the molecule is Cc1cc(C(Cl)c2cc(Br)sc2Br)c(Cl)cc1F. The summed E-state index contributed by atoms with van der Waals surface area (Å²) in [4.78, 5) is 0. The third kappa shape index (κ3) is 2.93. The number of rotatable bonds is 2. The smallest absolute Gasteiger partial charge is 0.127 e. The Bertz CT molecular complexity index is 598. The fourth-order valence-corrected chi connectivity index (χ4v) is 5.33. The molecule has 0 aliphatic carbocycles. The molecule has 0 bridgehead atoms. The van der Waals surface area contributed by atoms with Gasteiger partial charge in [0.15, 0.2) is 0 Å². The number of halogens is 5. The van der Waals surface area contributed by atoms with Gasteiger partial charge in [-0.15, -0.1) is 22.9 Å². The van der Waals surface area contributed by atoms with E-state index in [2.05, 4.69) is 31.9 Å². The van der Waals surface area contributed by atoms with E-state index < -0.39 is 5.38 Å². The summed E-state index contributed by atoms with van der Waals surface area (Å²) in [6.45, 7) is 1.69. The van der Waals surface area contributed by atoms with Gasteiger partial charge >= 0.3 is 0 Å². The maximum absolute atomic E-state index is 13.4. The molecule has 0 saturated carbocycles. The van der Waals surface area contributed by atoms with Crippen LogP contribution in [0.2, 0.25) is 5.02 Å². The van der Waals surface area contributed by atoms with Crippen molar-refractivity contribution in [1.29, 1.82) is 0 Å². The molecule has 96 valence electrons. The minimum absolute atomic E-state index is 0.321. The highest BCUT2D eigenvalue weighted by molar-refractivity contribution is 9.12. The second kappa shape index (κ2) is 5.80. The van der Waals surface area contributed by atoms with E-state index in [0.29, 0.717) is 16.1 Å². The summed E-state index contributed by atoms with van der Waals surface area (Å²) in [6.07, 6.45) is 0. The maximum Gasteiger partial charge on any atom is 0.127 e. The van der Waals surface area contributed by atoms with E-state index in [1.807, 2.05) is 6.07 Å². The van der Waals surface area contributed by atoms with Crippen LogP contribution in [0.1, 0.15) is 22.1 Å². The minimum atomic E-state index is -0.409. The fourth-order valence-electron chi connectivity index (χ4n) is 1.57. The highest BCUT2D eigenvalue weighted by Crippen LogP contribution is 2.43. The van der Waals surface area contributed by atoms with Gasteiger partial charge < -0.3 is 0 Å². The molecule has 0 spiro atoms. The number of thiophene rings is 1. The summed E-state index contributed by atoms with van der Waals surface area (Å²) in [7, 11) is 0. The van der Waals surface area contributed by atoms with E-state index in [4.69, 9.17) is 23.2 Å². The third-order valence-corrected chi connectivity index (χ3v) is 5.69. The molecule has 1 heterocycles. The topological polar surface area (TPSA) is 0 Å². The second-order valence-corrected chi connectivity index (χ2v) is 8.36. The number of hydrogen-bond donors (Lipinski definition) is 0. The zero-order valence-corrected chi connectivity index (χ0v) is 14.6. The third-order valence-electron chi connectivity index (χ3n) is 2.51. The molecular formula is C12H7Br2Cl2FS. The molecule has 2 aromatic rings. The lowest BCUT2D eigenvalue weighted by molar-refractivity contribution is 0.618. The molecule has 0 amide bonds. The molecular weight excluding hydrogens is 426 g/mol. The molecule has 0 saturated heterocycles. The normalized spacial score (nSPS) is 12.8. The second-order valence-electron chi connectivity index (χ2n) is 3.77. The molecule has 0 N–H and O–H groups in total. The Hall–Kier alpha value is 0.390. The Morgan fingerprint density at radius 1 is 1.22 bits per heavy atom. The van der Waals surface area contributed by atoms with Crippen molar-refractivity contribution >= 4 is 66.4 Å². The lowest BCUT2D eigenvalue weighted by Crippen LogP contribution is -1.96. The number of hydrogen-bond acceptors (Lipinski definition) is 1. The summed E-state index contributed by atoms with van der Waals surface area (Å²) < 4.78 is 15.3. The molecule has 0 nitrogen and oxygen atoms in total. The Balaban J connectivity index is 2.49. The zero-order chi connectivity index (χ0) is 13.4. The van der Waals surface area contributed by atoms with Crippen molar-refractivity contribution in [1.82, 2.24) is 0 Å². The minimum Gasteiger partial charge on any atom is -0.207 e. The van der Waals surface area contributed by atoms with Gasteiger partial charge in [-0.2, -0.15) is 0 Å². The van der Waals surface area contributed by atoms with Gasteiger partial charge in [0.05, 0.1) is 12.9 Å². The van der Waals surface area contributed by atoms with E-state index in [9.17, 15) is 4.39 Å². The summed E-state index contributed by atoms with van der Waals surface area (Å²) >= 11 is 20.9. The van der Waals surface area contributed by atoms with Crippen molar-refractivity contribution < 1.29 is 4.39 Å². The molecule has 0 aliphatic rings. The number of aryl methyl sites for hydroxylation is 1. The number of benzene rings is 1. The molecule has 1 aromatic heterocycles. The highest BCUT2D eigenvalue weighted by atomic mass is 79.9. The Labute approximate surface area is 135 Å². The predicted molar refractivity (Wildman–Crippen MR) is 83.6 cm³/mol.